The van der Waals surface area contributed by atoms with Crippen LogP contribution in [0.25, 0.3) is 0 Å². The van der Waals surface area contributed by atoms with E-state index in [1.54, 1.807) is 6.08 Å². The van der Waals surface area contributed by atoms with Gasteiger partial charge < -0.3 is 15.1 Å². The highest BCUT2D eigenvalue weighted by Crippen LogP contribution is 2.21. The predicted molar refractivity (Wildman–Crippen MR) is 113 cm³/mol. The van der Waals surface area contributed by atoms with Gasteiger partial charge in [-0.05, 0) is 37.8 Å². The molecule has 1 aliphatic heterocycles. The molecule has 2 rings (SSSR count). The fraction of sp³-hybridized carbons (Fsp3) is 0.500. The summed E-state index contributed by atoms with van der Waals surface area (Å²) in [6.07, 6.45) is 9.27. The number of aliphatic carboxylic acids is 1. The molecule has 1 aromatic rings. The topological polar surface area (TPSA) is 77.8 Å². The van der Waals surface area contributed by atoms with Crippen molar-refractivity contribution >= 4 is 11.9 Å². The molecule has 1 unspecified atom stereocenters. The second kappa shape index (κ2) is 12.8. The number of carboxylic acids is 1. The number of carbonyl (C=O) groups excluding carboxylic acids is 1. The third kappa shape index (κ3) is 8.97. The molecular weight excluding hydrogens is 366 g/mol. The maximum absolute atomic E-state index is 12.1. The summed E-state index contributed by atoms with van der Waals surface area (Å²) in [5.74, 6) is 5.57. The van der Waals surface area contributed by atoms with Gasteiger partial charge in [0.2, 0.25) is 5.91 Å². The summed E-state index contributed by atoms with van der Waals surface area (Å²) in [4.78, 5) is 24.5. The highest BCUT2D eigenvalue weighted by atomic mass is 16.4. The zero-order valence-corrected chi connectivity index (χ0v) is 16.9. The molecule has 1 saturated heterocycles. The smallest absolute Gasteiger partial charge is 0.303 e. The van der Waals surface area contributed by atoms with Crippen molar-refractivity contribution in [3.63, 3.8) is 0 Å². The molecule has 2 atom stereocenters. The van der Waals surface area contributed by atoms with Crippen molar-refractivity contribution in [1.29, 1.82) is 0 Å². The number of carbonyl (C=O) groups is 2. The molecule has 0 aliphatic carbocycles. The monoisotopic (exact) mass is 397 g/mol. The largest absolute Gasteiger partial charge is 0.481 e. The van der Waals surface area contributed by atoms with Crippen molar-refractivity contribution in [3.8, 4) is 11.8 Å². The molecule has 0 saturated carbocycles. The summed E-state index contributed by atoms with van der Waals surface area (Å²) >= 11 is 0. The lowest BCUT2D eigenvalue weighted by atomic mass is 10.1. The Bertz CT molecular complexity index is 732. The van der Waals surface area contributed by atoms with Crippen LogP contribution in [-0.2, 0) is 9.59 Å². The first-order valence-electron chi connectivity index (χ1n) is 10.5. The number of hydrogen-bond donors (Lipinski definition) is 2. The Morgan fingerprint density at radius 1 is 1.21 bits per heavy atom. The highest BCUT2D eigenvalue weighted by Gasteiger charge is 2.28. The van der Waals surface area contributed by atoms with Crippen molar-refractivity contribution in [2.75, 3.05) is 6.54 Å². The van der Waals surface area contributed by atoms with Gasteiger partial charge in [0.1, 0.15) is 0 Å². The third-order valence-corrected chi connectivity index (χ3v) is 5.04. The number of aliphatic hydroxyl groups excluding tert-OH is 1. The fourth-order valence-corrected chi connectivity index (χ4v) is 3.42. The number of hydrogen-bond acceptors (Lipinski definition) is 3. The predicted octanol–water partition coefficient (Wildman–Crippen LogP) is 3.76. The second-order valence-corrected chi connectivity index (χ2v) is 7.41. The molecule has 1 amide bonds. The van der Waals surface area contributed by atoms with Gasteiger partial charge in [-0.25, -0.2) is 0 Å². The van der Waals surface area contributed by atoms with E-state index in [1.165, 1.54) is 0 Å². The minimum atomic E-state index is -0.755. The number of unbranched alkanes of at least 4 members (excludes halogenated alkanes) is 3. The van der Waals surface area contributed by atoms with E-state index in [2.05, 4.69) is 11.8 Å². The molecule has 5 heteroatoms. The normalized spacial score (nSPS) is 17.3. The first kappa shape index (κ1) is 22.7. The third-order valence-electron chi connectivity index (χ3n) is 5.04. The minimum Gasteiger partial charge on any atom is -0.481 e. The van der Waals surface area contributed by atoms with Crippen molar-refractivity contribution in [2.24, 2.45) is 0 Å². The molecule has 0 spiro atoms. The van der Waals surface area contributed by atoms with E-state index in [0.29, 0.717) is 32.2 Å². The maximum Gasteiger partial charge on any atom is 0.303 e. The van der Waals surface area contributed by atoms with Crippen molar-refractivity contribution in [2.45, 2.75) is 69.9 Å². The Balaban J connectivity index is 1.69. The van der Waals surface area contributed by atoms with Crippen molar-refractivity contribution in [3.05, 3.63) is 48.0 Å². The minimum absolute atomic E-state index is 0.0478. The molecule has 156 valence electrons. The van der Waals surface area contributed by atoms with E-state index >= 15 is 0 Å². The number of benzene rings is 1. The molecule has 29 heavy (non-hydrogen) atoms. The van der Waals surface area contributed by atoms with E-state index in [1.807, 2.05) is 41.3 Å². The van der Waals surface area contributed by atoms with Gasteiger partial charge in [-0.1, -0.05) is 55.0 Å². The van der Waals surface area contributed by atoms with Crippen LogP contribution in [0.3, 0.4) is 0 Å². The molecule has 0 aromatic heterocycles. The Morgan fingerprint density at radius 3 is 2.72 bits per heavy atom. The summed E-state index contributed by atoms with van der Waals surface area (Å²) in [5, 5.41) is 18.8. The Hall–Kier alpha value is -2.58. The first-order valence-corrected chi connectivity index (χ1v) is 10.5. The van der Waals surface area contributed by atoms with Crippen LogP contribution in [0, 0.1) is 11.8 Å². The van der Waals surface area contributed by atoms with Crippen LogP contribution in [0.4, 0.5) is 0 Å². The van der Waals surface area contributed by atoms with Crippen LogP contribution in [0.2, 0.25) is 0 Å². The SMILES string of the molecule is O=C(O)CCCCCCN1C(=O)CCC1C=C[C@H](O)CCC#Cc1ccccc1. The fourth-order valence-electron chi connectivity index (χ4n) is 3.42. The molecular formula is C24H31NO4. The Morgan fingerprint density at radius 2 is 1.97 bits per heavy atom. The number of aliphatic hydroxyl groups is 1. The molecule has 2 N–H and O–H groups in total. The van der Waals surface area contributed by atoms with Crippen LogP contribution in [0.5, 0.6) is 0 Å². The molecule has 5 nitrogen and oxygen atoms in total. The summed E-state index contributed by atoms with van der Waals surface area (Å²) in [6.45, 7) is 0.694. The number of nitrogens with zero attached hydrogens (tertiary/aromatic N) is 1. The summed E-state index contributed by atoms with van der Waals surface area (Å²) in [6, 6.07) is 9.82. The maximum atomic E-state index is 12.1. The molecule has 0 bridgehead atoms. The van der Waals surface area contributed by atoms with Gasteiger partial charge in [-0.2, -0.15) is 0 Å². The van der Waals surface area contributed by atoms with E-state index in [-0.39, 0.29) is 18.4 Å². The van der Waals surface area contributed by atoms with E-state index in [4.69, 9.17) is 5.11 Å². The standard InChI is InChI=1S/C24H31NO4/c26-22(13-8-7-12-20-10-4-3-5-11-20)17-15-21-16-18-23(27)25(21)19-9-2-1-6-14-24(28)29/h3-5,10-11,15,17,21-22,26H,1-2,6,8-9,13-14,16,18-19H2,(H,28,29)/t21?,22-/m1/s1. The van der Waals surface area contributed by atoms with Gasteiger partial charge in [-0.3, -0.25) is 9.59 Å². The zero-order chi connectivity index (χ0) is 20.9. The second-order valence-electron chi connectivity index (χ2n) is 7.41. The quantitative estimate of drug-likeness (QED) is 0.339. The van der Waals surface area contributed by atoms with Crippen LogP contribution in [0.1, 0.15) is 63.4 Å². The van der Waals surface area contributed by atoms with Crippen LogP contribution < -0.4 is 0 Å². The lowest BCUT2D eigenvalue weighted by Crippen LogP contribution is -2.32. The highest BCUT2D eigenvalue weighted by molar-refractivity contribution is 5.79. The Kier molecular flexibility index (Phi) is 10.0. The number of rotatable bonds is 11. The molecule has 1 heterocycles. The first-order chi connectivity index (χ1) is 14.1. The van der Waals surface area contributed by atoms with Crippen LogP contribution in [0.15, 0.2) is 42.5 Å². The molecule has 1 fully saturated rings. The molecule has 1 aliphatic rings. The van der Waals surface area contributed by atoms with E-state index < -0.39 is 12.1 Å². The van der Waals surface area contributed by atoms with Gasteiger partial charge >= 0.3 is 5.97 Å². The van der Waals surface area contributed by atoms with Crippen LogP contribution >= 0.6 is 0 Å². The lowest BCUT2D eigenvalue weighted by Gasteiger charge is -2.22. The van der Waals surface area contributed by atoms with Crippen LogP contribution in [-0.4, -0.2) is 45.7 Å². The summed E-state index contributed by atoms with van der Waals surface area (Å²) in [5.41, 5.74) is 0.973. The molecule has 0 radical (unpaired) electrons. The average Bonchev–Trinajstić information content (AvgIpc) is 3.06. The molecule has 1 aromatic carbocycles. The summed E-state index contributed by atoms with van der Waals surface area (Å²) < 4.78 is 0. The van der Waals surface area contributed by atoms with E-state index in [0.717, 1.165) is 31.2 Å². The summed E-state index contributed by atoms with van der Waals surface area (Å²) in [7, 11) is 0. The Labute approximate surface area is 173 Å². The lowest BCUT2D eigenvalue weighted by molar-refractivity contribution is -0.137. The van der Waals surface area contributed by atoms with Gasteiger partial charge in [-0.15, -0.1) is 0 Å². The van der Waals surface area contributed by atoms with E-state index in [9.17, 15) is 14.7 Å². The number of carboxylic acid groups (broad SMARTS) is 1. The van der Waals surface area contributed by atoms with Gasteiger partial charge in [0.25, 0.3) is 0 Å². The average molecular weight is 398 g/mol. The van der Waals surface area contributed by atoms with Crippen molar-refractivity contribution < 1.29 is 19.8 Å². The van der Waals surface area contributed by atoms with Crippen molar-refractivity contribution in [1.82, 2.24) is 4.90 Å². The number of amides is 1. The zero-order valence-electron chi connectivity index (χ0n) is 16.9. The number of likely N-dealkylation sites (tertiary alicyclic amines) is 1. The van der Waals surface area contributed by atoms with Gasteiger partial charge in [0.05, 0.1) is 12.1 Å². The van der Waals surface area contributed by atoms with Gasteiger partial charge in [0, 0.05) is 31.4 Å². The van der Waals surface area contributed by atoms with Gasteiger partial charge in [0.15, 0.2) is 0 Å².